The van der Waals surface area contributed by atoms with Gasteiger partial charge in [-0.25, -0.2) is 13.6 Å². The normalized spacial score (nSPS) is 22.4. The molecule has 0 aliphatic carbocycles. The molecule has 2 bridgehead atoms. The van der Waals surface area contributed by atoms with Crippen molar-refractivity contribution in [1.29, 1.82) is 0 Å². The summed E-state index contributed by atoms with van der Waals surface area (Å²) >= 11 is 0. The lowest BCUT2D eigenvalue weighted by atomic mass is 9.85. The summed E-state index contributed by atoms with van der Waals surface area (Å²) in [6.07, 6.45) is 1.25. The molecule has 2 aromatic rings. The fourth-order valence-corrected chi connectivity index (χ4v) is 5.56. The van der Waals surface area contributed by atoms with E-state index in [4.69, 9.17) is 19.0 Å². The highest BCUT2D eigenvalue weighted by molar-refractivity contribution is 6.00. The van der Waals surface area contributed by atoms with Crippen LogP contribution in [0.2, 0.25) is 0 Å². The molecule has 0 radical (unpaired) electrons. The first-order valence-electron chi connectivity index (χ1n) is 13.9. The minimum Gasteiger partial charge on any atom is -0.482 e. The topological polar surface area (TPSA) is 138 Å². The van der Waals surface area contributed by atoms with Crippen LogP contribution < -0.4 is 15.5 Å². The quantitative estimate of drug-likeness (QED) is 0.496. The van der Waals surface area contributed by atoms with Gasteiger partial charge in [0.25, 0.3) is 11.8 Å². The van der Waals surface area contributed by atoms with Crippen LogP contribution in [0.3, 0.4) is 0 Å². The van der Waals surface area contributed by atoms with Gasteiger partial charge >= 0.3 is 6.16 Å². The van der Waals surface area contributed by atoms with Crippen molar-refractivity contribution < 1.29 is 42.2 Å². The van der Waals surface area contributed by atoms with E-state index < -0.39 is 58.0 Å². The Morgan fingerprint density at radius 2 is 2.02 bits per heavy atom. The summed E-state index contributed by atoms with van der Waals surface area (Å²) in [5, 5.41) is 6.52. The maximum atomic E-state index is 14.2. The molecule has 43 heavy (non-hydrogen) atoms. The van der Waals surface area contributed by atoms with Crippen LogP contribution >= 0.6 is 0 Å². The molecular formula is C29H32F2N4O8. The van der Waals surface area contributed by atoms with Crippen molar-refractivity contribution in [1.82, 2.24) is 14.8 Å². The summed E-state index contributed by atoms with van der Waals surface area (Å²) in [7, 11) is 1.46. The largest absolute Gasteiger partial charge is 0.514 e. The van der Waals surface area contributed by atoms with Crippen molar-refractivity contribution >= 4 is 23.9 Å². The van der Waals surface area contributed by atoms with Crippen LogP contribution in [0.4, 0.5) is 13.6 Å². The zero-order chi connectivity index (χ0) is 31.1. The number of methoxy groups -OCH3 is 1. The van der Waals surface area contributed by atoms with E-state index in [-0.39, 0.29) is 49.3 Å². The summed E-state index contributed by atoms with van der Waals surface area (Å²) in [5.74, 6) is -3.55. The first kappa shape index (κ1) is 30.0. The molecule has 3 atom stereocenters. The van der Waals surface area contributed by atoms with Crippen molar-refractivity contribution in [2.24, 2.45) is 11.1 Å². The summed E-state index contributed by atoms with van der Waals surface area (Å²) in [6, 6.07) is 1.94. The van der Waals surface area contributed by atoms with Crippen molar-refractivity contribution in [2.75, 3.05) is 20.3 Å². The van der Waals surface area contributed by atoms with E-state index in [0.717, 1.165) is 6.07 Å². The van der Waals surface area contributed by atoms with Crippen molar-refractivity contribution in [3.8, 4) is 5.75 Å². The van der Waals surface area contributed by atoms with Gasteiger partial charge in [-0.1, -0.05) is 25.1 Å². The minimum atomic E-state index is -1.22. The number of oxime groups is 1. The Morgan fingerprint density at radius 3 is 2.70 bits per heavy atom. The molecule has 3 aliphatic heterocycles. The Morgan fingerprint density at radius 1 is 1.26 bits per heavy atom. The molecule has 1 aromatic heterocycles. The van der Waals surface area contributed by atoms with Crippen LogP contribution in [0, 0.1) is 17.6 Å². The van der Waals surface area contributed by atoms with E-state index in [1.165, 1.54) is 23.9 Å². The number of nitrogens with zero attached hydrogens (tertiary/aromatic N) is 3. The number of carbonyl (C=O) groups is 3. The molecule has 0 unspecified atom stereocenters. The van der Waals surface area contributed by atoms with Crippen LogP contribution in [-0.4, -0.2) is 65.2 Å². The number of benzene rings is 1. The molecule has 1 N–H and O–H groups in total. The molecule has 230 valence electrons. The first-order chi connectivity index (χ1) is 20.4. The van der Waals surface area contributed by atoms with E-state index >= 15 is 0 Å². The number of aromatic nitrogens is 1. The molecule has 3 aliphatic rings. The third-order valence-electron chi connectivity index (χ3n) is 7.92. The van der Waals surface area contributed by atoms with Crippen molar-refractivity contribution in [3.63, 3.8) is 0 Å². The molecule has 2 amide bonds. The van der Waals surface area contributed by atoms with E-state index in [2.05, 4.69) is 10.5 Å². The standard InChI is InChI=1S/C29H32F2N4O8/c1-15(2)14-41-28(39)42-25-23-27(38)34-13-21(29(8-7-16(34)3)10-22(40-4)33-43-29)35(23)12-19(24(25)36)26(37)32-11-17-5-6-18(30)9-20(17)31/h5-6,9,12,15-16,21H,7-8,10-11,13-14H2,1-4H3,(H,32,37)/t16-,21+,29-/m0/s1. The average Bonchev–Trinajstić information content (AvgIpc) is 3.34. The monoisotopic (exact) mass is 602 g/mol. The highest BCUT2D eigenvalue weighted by Crippen LogP contribution is 2.46. The van der Waals surface area contributed by atoms with Crippen LogP contribution in [0.15, 0.2) is 34.3 Å². The second kappa shape index (κ2) is 11.7. The van der Waals surface area contributed by atoms with Gasteiger partial charge < -0.3 is 33.8 Å². The summed E-state index contributed by atoms with van der Waals surface area (Å²) < 4.78 is 44.8. The predicted molar refractivity (Wildman–Crippen MR) is 147 cm³/mol. The Hall–Kier alpha value is -4.49. The van der Waals surface area contributed by atoms with Gasteiger partial charge in [-0.3, -0.25) is 14.4 Å². The molecule has 0 saturated carbocycles. The Labute approximate surface area is 245 Å². The molecule has 1 saturated heterocycles. The van der Waals surface area contributed by atoms with Gasteiger partial charge in [0.1, 0.15) is 17.2 Å². The average molecular weight is 603 g/mol. The van der Waals surface area contributed by atoms with Gasteiger partial charge in [0, 0.05) is 37.0 Å². The van der Waals surface area contributed by atoms with Gasteiger partial charge in [-0.05, 0) is 31.7 Å². The number of hydrogen-bond donors (Lipinski definition) is 1. The van der Waals surface area contributed by atoms with Crippen LogP contribution in [0.5, 0.6) is 5.75 Å². The maximum absolute atomic E-state index is 14.2. The molecule has 5 rings (SSSR count). The van der Waals surface area contributed by atoms with Crippen molar-refractivity contribution in [2.45, 2.75) is 64.3 Å². The van der Waals surface area contributed by atoms with Gasteiger partial charge in [-0.15, -0.1) is 0 Å². The number of carbonyl (C=O) groups excluding carboxylic acids is 3. The minimum absolute atomic E-state index is 0.0143. The van der Waals surface area contributed by atoms with Gasteiger partial charge in [-0.2, -0.15) is 0 Å². The lowest BCUT2D eigenvalue weighted by Crippen LogP contribution is -2.52. The fraction of sp³-hybridized carbons (Fsp3) is 0.483. The molecular weight excluding hydrogens is 570 g/mol. The van der Waals surface area contributed by atoms with Crippen LogP contribution in [0.25, 0.3) is 0 Å². The second-order valence-corrected chi connectivity index (χ2v) is 11.3. The van der Waals surface area contributed by atoms with E-state index in [0.29, 0.717) is 24.8 Å². The molecule has 14 heteroatoms. The van der Waals surface area contributed by atoms with E-state index in [9.17, 15) is 28.0 Å². The second-order valence-electron chi connectivity index (χ2n) is 11.3. The lowest BCUT2D eigenvalue weighted by Gasteiger charge is -2.41. The van der Waals surface area contributed by atoms with E-state index in [1.54, 1.807) is 18.7 Å². The number of amides is 2. The summed E-state index contributed by atoms with van der Waals surface area (Å²) in [4.78, 5) is 61.2. The van der Waals surface area contributed by atoms with E-state index in [1.807, 2.05) is 6.92 Å². The Kier molecular flexibility index (Phi) is 8.12. The third kappa shape index (κ3) is 5.65. The predicted octanol–water partition coefficient (Wildman–Crippen LogP) is 3.53. The maximum Gasteiger partial charge on any atom is 0.514 e. The Bertz CT molecular complexity index is 1560. The first-order valence-corrected chi connectivity index (χ1v) is 13.9. The van der Waals surface area contributed by atoms with Gasteiger partial charge in [0.05, 0.1) is 26.2 Å². The highest BCUT2D eigenvalue weighted by Gasteiger charge is 2.55. The number of ether oxygens (including phenoxy) is 3. The number of hydrogen-bond acceptors (Lipinski definition) is 9. The fourth-order valence-electron chi connectivity index (χ4n) is 5.56. The van der Waals surface area contributed by atoms with Crippen LogP contribution in [0.1, 0.15) is 72.5 Å². The van der Waals surface area contributed by atoms with Crippen LogP contribution in [-0.2, 0) is 20.9 Å². The number of pyridine rings is 1. The zero-order valence-corrected chi connectivity index (χ0v) is 24.1. The number of nitrogens with one attached hydrogen (secondary N) is 1. The number of fused-ring (bicyclic) bond motifs is 5. The molecule has 4 heterocycles. The number of rotatable bonds is 6. The smallest absolute Gasteiger partial charge is 0.482 e. The zero-order valence-electron chi connectivity index (χ0n) is 24.1. The van der Waals surface area contributed by atoms with Gasteiger partial charge in [0.2, 0.25) is 17.1 Å². The molecule has 1 fully saturated rings. The third-order valence-corrected chi connectivity index (χ3v) is 7.92. The molecule has 1 aromatic carbocycles. The van der Waals surface area contributed by atoms with Crippen molar-refractivity contribution in [3.05, 3.63) is 63.1 Å². The SMILES string of the molecule is COC1=NO[C@@]2(CC[C@H](C)N3C[C@H]2n2cc(C(=O)NCc4ccc(F)cc4F)c(=O)c(OC(=O)OCC(C)C)c2C3=O)C1. The lowest BCUT2D eigenvalue weighted by molar-refractivity contribution is -0.0655. The molecule has 12 nitrogen and oxygen atoms in total. The summed E-state index contributed by atoms with van der Waals surface area (Å²) in [5.41, 5.74) is -2.78. The highest BCUT2D eigenvalue weighted by atomic mass is 19.1. The Balaban J connectivity index is 1.61. The molecule has 1 spiro atoms. The number of halogens is 2. The summed E-state index contributed by atoms with van der Waals surface area (Å²) in [6.45, 7) is 5.24. The van der Waals surface area contributed by atoms with Gasteiger partial charge in [0.15, 0.2) is 11.3 Å².